The molecule has 0 aromatic heterocycles. The topological polar surface area (TPSA) is 45.1 Å². The molecule has 2 aromatic rings. The molecule has 26 heavy (non-hydrogen) atoms. The number of carbonyl (C=O) groups is 2. The average molecular weight is 371 g/mol. The van der Waals surface area contributed by atoms with Gasteiger partial charge in [0.2, 0.25) is 5.91 Å². The van der Waals surface area contributed by atoms with E-state index >= 15 is 0 Å². The second-order valence-electron chi connectivity index (χ2n) is 6.78. The smallest absolute Gasteiger partial charge is 0.292 e. The molecule has 0 spiro atoms. The molecule has 2 saturated heterocycles. The van der Waals surface area contributed by atoms with Gasteiger partial charge in [-0.05, 0) is 30.3 Å². The van der Waals surface area contributed by atoms with Crippen LogP contribution in [0.3, 0.4) is 0 Å². The maximum atomic E-state index is 12.9. The third-order valence-electron chi connectivity index (χ3n) is 5.23. The summed E-state index contributed by atoms with van der Waals surface area (Å²) in [5, 5.41) is 0.729. The minimum absolute atomic E-state index is 0.0765. The van der Waals surface area contributed by atoms with Gasteiger partial charge in [-0.3, -0.25) is 9.59 Å². The lowest BCUT2D eigenvalue weighted by Gasteiger charge is -2.35. The lowest BCUT2D eigenvalue weighted by Crippen LogP contribution is -3.19. The molecule has 2 fully saturated rings. The Morgan fingerprint density at radius 1 is 0.923 bits per heavy atom. The molecule has 134 valence electrons. The number of amides is 2. The van der Waals surface area contributed by atoms with Crippen molar-refractivity contribution in [2.24, 2.45) is 0 Å². The summed E-state index contributed by atoms with van der Waals surface area (Å²) in [6, 6.07) is 16.8. The Kier molecular flexibility index (Phi) is 4.66. The van der Waals surface area contributed by atoms with Gasteiger partial charge in [0, 0.05) is 10.7 Å². The van der Waals surface area contributed by atoms with Crippen LogP contribution in [0.1, 0.15) is 6.42 Å². The number of hydrogen-bond donors (Lipinski definition) is 1. The number of nitrogens with zero attached hydrogens (tertiary/aromatic N) is 2. The van der Waals surface area contributed by atoms with Crippen molar-refractivity contribution in [1.82, 2.24) is 0 Å². The third kappa shape index (κ3) is 3.20. The van der Waals surface area contributed by atoms with E-state index in [0.29, 0.717) is 12.1 Å². The molecule has 0 bridgehead atoms. The summed E-state index contributed by atoms with van der Waals surface area (Å²) in [5.74, 6) is -0.177. The van der Waals surface area contributed by atoms with E-state index < -0.39 is 0 Å². The van der Waals surface area contributed by atoms with Crippen LogP contribution in [0.15, 0.2) is 54.6 Å². The highest BCUT2D eigenvalue weighted by Crippen LogP contribution is 2.22. The quantitative estimate of drug-likeness (QED) is 0.830. The second-order valence-corrected chi connectivity index (χ2v) is 7.22. The Labute approximate surface area is 157 Å². The average Bonchev–Trinajstić information content (AvgIpc) is 2.97. The summed E-state index contributed by atoms with van der Waals surface area (Å²) in [6.07, 6.45) is 0.292. The van der Waals surface area contributed by atoms with E-state index in [1.54, 1.807) is 0 Å². The van der Waals surface area contributed by atoms with E-state index in [4.69, 9.17) is 11.6 Å². The third-order valence-corrected chi connectivity index (χ3v) is 5.47. The van der Waals surface area contributed by atoms with Gasteiger partial charge in [0.1, 0.15) is 0 Å². The Balaban J connectivity index is 1.43. The summed E-state index contributed by atoms with van der Waals surface area (Å²) in [7, 11) is 0. The molecule has 2 aromatic carbocycles. The first-order chi connectivity index (χ1) is 12.6. The summed E-state index contributed by atoms with van der Waals surface area (Å²) in [4.78, 5) is 30.1. The molecule has 5 nitrogen and oxygen atoms in total. The number of quaternary nitrogens is 1. The number of carbonyl (C=O) groups excluding carboxylic acids is 2. The molecule has 0 radical (unpaired) electrons. The number of benzene rings is 2. The van der Waals surface area contributed by atoms with E-state index in [0.717, 1.165) is 36.9 Å². The molecule has 2 aliphatic heterocycles. The van der Waals surface area contributed by atoms with Crippen molar-refractivity contribution in [3.8, 4) is 0 Å². The number of anilines is 2. The van der Waals surface area contributed by atoms with Crippen molar-refractivity contribution in [1.29, 1.82) is 0 Å². The number of hydrogen-bond acceptors (Lipinski definition) is 3. The van der Waals surface area contributed by atoms with E-state index in [1.807, 2.05) is 48.5 Å². The van der Waals surface area contributed by atoms with E-state index in [2.05, 4.69) is 11.0 Å². The van der Waals surface area contributed by atoms with Crippen molar-refractivity contribution < 1.29 is 14.5 Å². The van der Waals surface area contributed by atoms with E-state index in [9.17, 15) is 9.59 Å². The molecule has 0 unspecified atom stereocenters. The first kappa shape index (κ1) is 17.1. The van der Waals surface area contributed by atoms with Gasteiger partial charge in [-0.15, -0.1) is 0 Å². The Morgan fingerprint density at radius 2 is 1.62 bits per heavy atom. The highest BCUT2D eigenvalue weighted by atomic mass is 35.5. The molecule has 1 atom stereocenters. The number of imide groups is 1. The molecule has 2 amide bonds. The second kappa shape index (κ2) is 7.09. The number of para-hydroxylation sites is 1. The van der Waals surface area contributed by atoms with Crippen LogP contribution < -0.4 is 14.7 Å². The van der Waals surface area contributed by atoms with Crippen molar-refractivity contribution in [2.45, 2.75) is 12.5 Å². The first-order valence-electron chi connectivity index (χ1n) is 8.90. The molecule has 2 heterocycles. The SMILES string of the molecule is O=C1C[C@@H]([NH+]2CCN(c3cccc(Cl)c3)CC2)C(=O)N1c1ccccc1. The summed E-state index contributed by atoms with van der Waals surface area (Å²) in [5.41, 5.74) is 1.78. The Hall–Kier alpha value is -2.37. The van der Waals surface area contributed by atoms with Crippen molar-refractivity contribution in [3.05, 3.63) is 59.6 Å². The minimum atomic E-state index is -0.274. The van der Waals surface area contributed by atoms with Crippen LogP contribution in [-0.4, -0.2) is 44.0 Å². The number of nitrogens with one attached hydrogen (secondary N) is 1. The van der Waals surface area contributed by atoms with Crippen LogP contribution in [0.2, 0.25) is 5.02 Å². The highest BCUT2D eigenvalue weighted by molar-refractivity contribution is 6.30. The van der Waals surface area contributed by atoms with Crippen molar-refractivity contribution in [2.75, 3.05) is 36.0 Å². The van der Waals surface area contributed by atoms with Crippen LogP contribution in [0, 0.1) is 0 Å². The molecule has 0 aliphatic carbocycles. The molecular weight excluding hydrogens is 350 g/mol. The lowest BCUT2D eigenvalue weighted by atomic mass is 10.1. The number of piperazine rings is 1. The van der Waals surface area contributed by atoms with Gasteiger partial charge in [0.05, 0.1) is 38.3 Å². The fourth-order valence-corrected chi connectivity index (χ4v) is 4.06. The van der Waals surface area contributed by atoms with Crippen LogP contribution in [-0.2, 0) is 9.59 Å². The molecule has 2 aliphatic rings. The zero-order chi connectivity index (χ0) is 18.1. The van der Waals surface area contributed by atoms with Crippen LogP contribution in [0.4, 0.5) is 11.4 Å². The standard InChI is InChI=1S/C20H20ClN3O2/c21-15-5-4-8-17(13-15)22-9-11-23(12-10-22)18-14-19(25)24(20(18)26)16-6-2-1-3-7-16/h1-8,13,18H,9-12,14H2/p+1/t18-/m1/s1. The van der Waals surface area contributed by atoms with Gasteiger partial charge < -0.3 is 9.80 Å². The van der Waals surface area contributed by atoms with E-state index in [-0.39, 0.29) is 17.9 Å². The molecule has 4 rings (SSSR count). The monoisotopic (exact) mass is 370 g/mol. The van der Waals surface area contributed by atoms with Crippen LogP contribution >= 0.6 is 11.6 Å². The fourth-order valence-electron chi connectivity index (χ4n) is 3.87. The van der Waals surface area contributed by atoms with Gasteiger partial charge in [0.25, 0.3) is 5.91 Å². The summed E-state index contributed by atoms with van der Waals surface area (Å²) < 4.78 is 0. The Bertz CT molecular complexity index is 819. The van der Waals surface area contributed by atoms with Gasteiger partial charge in [0.15, 0.2) is 6.04 Å². The predicted molar refractivity (Wildman–Crippen MR) is 102 cm³/mol. The van der Waals surface area contributed by atoms with Crippen LogP contribution in [0.25, 0.3) is 0 Å². The largest absolute Gasteiger partial charge is 0.360 e. The van der Waals surface area contributed by atoms with Gasteiger partial charge in [-0.2, -0.15) is 0 Å². The first-order valence-corrected chi connectivity index (χ1v) is 9.28. The van der Waals surface area contributed by atoms with Crippen molar-refractivity contribution in [3.63, 3.8) is 0 Å². The maximum Gasteiger partial charge on any atom is 0.292 e. The highest BCUT2D eigenvalue weighted by Gasteiger charge is 2.46. The number of rotatable bonds is 3. The minimum Gasteiger partial charge on any atom is -0.360 e. The lowest BCUT2D eigenvalue weighted by molar-refractivity contribution is -0.915. The zero-order valence-corrected chi connectivity index (χ0v) is 15.2. The van der Waals surface area contributed by atoms with Gasteiger partial charge >= 0.3 is 0 Å². The Morgan fingerprint density at radius 3 is 2.31 bits per heavy atom. The fraction of sp³-hybridized carbons (Fsp3) is 0.300. The van der Waals surface area contributed by atoms with Crippen LogP contribution in [0.5, 0.6) is 0 Å². The van der Waals surface area contributed by atoms with Gasteiger partial charge in [-0.1, -0.05) is 35.9 Å². The molecule has 1 N–H and O–H groups in total. The summed E-state index contributed by atoms with van der Waals surface area (Å²) in [6.45, 7) is 3.36. The zero-order valence-electron chi connectivity index (χ0n) is 14.4. The number of halogens is 1. The maximum absolute atomic E-state index is 12.9. The molecule has 6 heteroatoms. The summed E-state index contributed by atoms with van der Waals surface area (Å²) >= 11 is 6.09. The molecular formula is C20H21ClN3O2+. The van der Waals surface area contributed by atoms with Crippen molar-refractivity contribution >= 4 is 34.8 Å². The van der Waals surface area contributed by atoms with Gasteiger partial charge in [-0.25, -0.2) is 4.90 Å². The normalized spacial score (nSPS) is 21.5. The van der Waals surface area contributed by atoms with E-state index in [1.165, 1.54) is 9.80 Å². The molecule has 0 saturated carbocycles. The predicted octanol–water partition coefficient (Wildman–Crippen LogP) is 1.38.